The zero-order chi connectivity index (χ0) is 29.3. The molecule has 9 heteroatoms. The van der Waals surface area contributed by atoms with Crippen LogP contribution in [0.3, 0.4) is 0 Å². The second-order valence-electron chi connectivity index (χ2n) is 9.15. The van der Waals surface area contributed by atoms with E-state index in [-0.39, 0.29) is 19.6 Å². The first kappa shape index (κ1) is 32.4. The Bertz CT molecular complexity index is 1100. The molecule has 0 saturated carbocycles. The van der Waals surface area contributed by atoms with Gasteiger partial charge < -0.3 is 28.8 Å². The van der Waals surface area contributed by atoms with Crippen LogP contribution in [0.25, 0.3) is 0 Å². The van der Waals surface area contributed by atoms with Gasteiger partial charge in [0.1, 0.15) is 24.4 Å². The molecule has 2 aromatic carbocycles. The molecule has 0 bridgehead atoms. The van der Waals surface area contributed by atoms with Gasteiger partial charge in [-0.25, -0.2) is 9.59 Å². The predicted octanol–water partition coefficient (Wildman–Crippen LogP) is 4.08. The number of rotatable bonds is 16. The van der Waals surface area contributed by atoms with E-state index in [9.17, 15) is 19.5 Å². The van der Waals surface area contributed by atoms with Crippen LogP contribution in [0.4, 0.5) is 0 Å². The van der Waals surface area contributed by atoms with Gasteiger partial charge in [-0.3, -0.25) is 4.79 Å². The second-order valence-corrected chi connectivity index (χ2v) is 9.15. The predicted molar refractivity (Wildman–Crippen MR) is 148 cm³/mol. The summed E-state index contributed by atoms with van der Waals surface area (Å²) >= 11 is 0. The van der Waals surface area contributed by atoms with Crippen molar-refractivity contribution in [2.45, 2.75) is 70.9 Å². The lowest BCUT2D eigenvalue weighted by Crippen LogP contribution is -2.31. The number of aliphatic hydroxyl groups is 1. The van der Waals surface area contributed by atoms with Gasteiger partial charge in [-0.2, -0.15) is 0 Å². The molecule has 0 radical (unpaired) electrons. The molecule has 0 aromatic heterocycles. The fourth-order valence-corrected chi connectivity index (χ4v) is 3.50. The molecular formula is C31H38O9. The zero-order valence-corrected chi connectivity index (χ0v) is 23.3. The fraction of sp³-hybridized carbons (Fsp3) is 0.387. The molecule has 5 atom stereocenters. The molecule has 2 rings (SSSR count). The molecule has 40 heavy (non-hydrogen) atoms. The molecule has 0 aliphatic heterocycles. The van der Waals surface area contributed by atoms with E-state index < -0.39 is 48.4 Å². The van der Waals surface area contributed by atoms with Crippen molar-refractivity contribution in [1.82, 2.24) is 0 Å². The van der Waals surface area contributed by atoms with E-state index in [1.165, 1.54) is 38.3 Å². The number of ether oxygens (including phenoxy) is 5. The van der Waals surface area contributed by atoms with Gasteiger partial charge in [0, 0.05) is 12.2 Å². The van der Waals surface area contributed by atoms with Crippen LogP contribution in [0.15, 0.2) is 85.0 Å². The van der Waals surface area contributed by atoms with Crippen molar-refractivity contribution in [2.24, 2.45) is 0 Å². The molecule has 0 fully saturated rings. The molecule has 2 aromatic rings. The number of hydrogen-bond donors (Lipinski definition) is 1. The minimum Gasteiger partial charge on any atom is -0.466 e. The van der Waals surface area contributed by atoms with E-state index in [1.54, 1.807) is 13.8 Å². The molecule has 0 aliphatic rings. The summed E-state index contributed by atoms with van der Waals surface area (Å²) in [5, 5.41) is 9.47. The average molecular weight is 555 g/mol. The highest BCUT2D eigenvalue weighted by Gasteiger charge is 2.23. The quantitative estimate of drug-likeness (QED) is 0.186. The molecule has 0 amide bonds. The van der Waals surface area contributed by atoms with Crippen LogP contribution in [0.1, 0.15) is 38.3 Å². The van der Waals surface area contributed by atoms with Crippen LogP contribution in [-0.4, -0.2) is 60.6 Å². The van der Waals surface area contributed by atoms with Gasteiger partial charge in [0.15, 0.2) is 0 Å². The Morgan fingerprint density at radius 1 is 0.725 bits per heavy atom. The maximum Gasteiger partial charge on any atom is 0.330 e. The van der Waals surface area contributed by atoms with Crippen LogP contribution >= 0.6 is 0 Å². The van der Waals surface area contributed by atoms with Crippen LogP contribution in [0.5, 0.6) is 0 Å². The number of hydrogen-bond acceptors (Lipinski definition) is 9. The van der Waals surface area contributed by atoms with Crippen molar-refractivity contribution >= 4 is 17.9 Å². The van der Waals surface area contributed by atoms with Crippen LogP contribution in [-0.2, 0) is 51.3 Å². The lowest BCUT2D eigenvalue weighted by Gasteiger charge is -2.23. The van der Waals surface area contributed by atoms with Crippen molar-refractivity contribution in [3.63, 3.8) is 0 Å². The van der Waals surface area contributed by atoms with Crippen LogP contribution < -0.4 is 0 Å². The molecule has 1 N–H and O–H groups in total. The maximum atomic E-state index is 12.7. The molecule has 0 saturated heterocycles. The number of benzene rings is 2. The number of aliphatic hydroxyl groups excluding tert-OH is 1. The molecule has 0 unspecified atom stereocenters. The first-order chi connectivity index (χ1) is 19.2. The lowest BCUT2D eigenvalue weighted by molar-refractivity contribution is -0.156. The second kappa shape index (κ2) is 17.7. The van der Waals surface area contributed by atoms with Crippen molar-refractivity contribution in [1.29, 1.82) is 0 Å². The van der Waals surface area contributed by atoms with E-state index >= 15 is 0 Å². The summed E-state index contributed by atoms with van der Waals surface area (Å²) < 4.78 is 27.5. The van der Waals surface area contributed by atoms with Crippen LogP contribution in [0, 0.1) is 0 Å². The number of carbonyl (C=O) groups is 3. The van der Waals surface area contributed by atoms with Gasteiger partial charge in [-0.15, -0.1) is 0 Å². The Kier molecular flexibility index (Phi) is 14.4. The Morgan fingerprint density at radius 3 is 1.62 bits per heavy atom. The van der Waals surface area contributed by atoms with Crippen LogP contribution in [0.2, 0.25) is 0 Å². The van der Waals surface area contributed by atoms with Crippen molar-refractivity contribution < 1.29 is 43.2 Å². The Balaban J connectivity index is 2.08. The normalized spacial score (nSPS) is 15.2. The third kappa shape index (κ3) is 12.8. The fourth-order valence-electron chi connectivity index (χ4n) is 3.50. The maximum absolute atomic E-state index is 12.7. The van der Waals surface area contributed by atoms with Gasteiger partial charge in [-0.05, 0) is 44.1 Å². The van der Waals surface area contributed by atoms with Gasteiger partial charge in [0.05, 0.1) is 32.8 Å². The Hall–Kier alpha value is -3.79. The zero-order valence-electron chi connectivity index (χ0n) is 23.3. The molecular weight excluding hydrogens is 516 g/mol. The van der Waals surface area contributed by atoms with E-state index in [1.807, 2.05) is 60.7 Å². The standard InChI is InChI=1S/C31H38O9/c1-22(32)19-31(35)40-24(3)28(38-21-26-13-9-6-10-14-26)16-18-30(34)39-23(2)27(15-17-29(33)36-4)37-20-25-11-7-5-8-12-25/h5-18,22-24,27-28,32H,19-21H2,1-4H3/b17-15+,18-16+/t22-,23-,24-,27+,28+/m0/s1. The number of methoxy groups -OCH3 is 1. The minimum atomic E-state index is -0.847. The highest BCUT2D eigenvalue weighted by molar-refractivity contribution is 5.82. The summed E-state index contributed by atoms with van der Waals surface area (Å²) in [5.74, 6) is -1.83. The first-order valence-electron chi connectivity index (χ1n) is 13.0. The highest BCUT2D eigenvalue weighted by Crippen LogP contribution is 2.14. The van der Waals surface area contributed by atoms with E-state index in [4.69, 9.17) is 18.9 Å². The molecule has 216 valence electrons. The molecule has 0 heterocycles. The third-order valence-electron chi connectivity index (χ3n) is 5.62. The van der Waals surface area contributed by atoms with E-state index in [2.05, 4.69) is 4.74 Å². The highest BCUT2D eigenvalue weighted by atomic mass is 16.6. The summed E-state index contributed by atoms with van der Waals surface area (Å²) in [4.78, 5) is 36.4. The smallest absolute Gasteiger partial charge is 0.330 e. The summed E-state index contributed by atoms with van der Waals surface area (Å²) in [7, 11) is 1.26. The Morgan fingerprint density at radius 2 is 1.18 bits per heavy atom. The monoisotopic (exact) mass is 554 g/mol. The third-order valence-corrected chi connectivity index (χ3v) is 5.62. The summed E-state index contributed by atoms with van der Waals surface area (Å²) in [6.45, 7) is 5.22. The number of carbonyl (C=O) groups excluding carboxylic acids is 3. The van der Waals surface area contributed by atoms with Gasteiger partial charge in [0.2, 0.25) is 0 Å². The van der Waals surface area contributed by atoms with Crippen molar-refractivity contribution in [3.8, 4) is 0 Å². The molecule has 9 nitrogen and oxygen atoms in total. The first-order valence-corrected chi connectivity index (χ1v) is 13.0. The van der Waals surface area contributed by atoms with Gasteiger partial charge in [0.25, 0.3) is 0 Å². The summed E-state index contributed by atoms with van der Waals surface area (Å²) in [6, 6.07) is 18.8. The molecule has 0 spiro atoms. The van der Waals surface area contributed by atoms with Gasteiger partial charge >= 0.3 is 17.9 Å². The molecule has 0 aliphatic carbocycles. The van der Waals surface area contributed by atoms with E-state index in [0.29, 0.717) is 0 Å². The SMILES string of the molecule is COC(=O)/C=C/[C@@H](OCc1ccccc1)[C@H](C)OC(=O)/C=C/[C@@H](OCc1ccccc1)[C@H](C)OC(=O)C[C@H](C)O. The summed E-state index contributed by atoms with van der Waals surface area (Å²) in [5.41, 5.74) is 1.81. The number of esters is 3. The van der Waals surface area contributed by atoms with Gasteiger partial charge in [-0.1, -0.05) is 60.7 Å². The largest absolute Gasteiger partial charge is 0.466 e. The Labute approximate surface area is 235 Å². The van der Waals surface area contributed by atoms with E-state index in [0.717, 1.165) is 11.1 Å². The topological polar surface area (TPSA) is 118 Å². The van der Waals surface area contributed by atoms with Crippen molar-refractivity contribution in [3.05, 3.63) is 96.1 Å². The average Bonchev–Trinajstić information content (AvgIpc) is 2.93. The van der Waals surface area contributed by atoms with Crippen molar-refractivity contribution in [2.75, 3.05) is 7.11 Å². The minimum absolute atomic E-state index is 0.164. The lowest BCUT2D eigenvalue weighted by atomic mass is 10.2. The summed E-state index contributed by atoms with van der Waals surface area (Å²) in [6.07, 6.45) is 1.33.